The van der Waals surface area contributed by atoms with Crippen molar-refractivity contribution in [3.63, 3.8) is 0 Å². The van der Waals surface area contributed by atoms with Gasteiger partial charge in [-0.3, -0.25) is 4.99 Å². The van der Waals surface area contributed by atoms with Crippen LogP contribution < -0.4 is 10.6 Å². The van der Waals surface area contributed by atoms with Crippen molar-refractivity contribution in [1.29, 1.82) is 0 Å². The summed E-state index contributed by atoms with van der Waals surface area (Å²) in [5.41, 5.74) is 0.290. The third kappa shape index (κ3) is 5.62. The fourth-order valence-electron chi connectivity index (χ4n) is 2.87. The van der Waals surface area contributed by atoms with Gasteiger partial charge < -0.3 is 20.5 Å². The number of hydrogen-bond donors (Lipinski definition) is 3. The number of nitrogens with zero attached hydrogens (tertiary/aromatic N) is 1. The standard InChI is InChI=1S/C17H28ClN3O2S/c1-3-19-16(20-11-13(22)14-5-6-15(18)24-14)21-12-17(7-4-8-17)9-10-23-2/h5-6,13,22H,3-4,7-12H2,1-2H3,(H2,19,20,21). The van der Waals surface area contributed by atoms with Crippen LogP contribution in [0.25, 0.3) is 0 Å². The molecular formula is C17H28ClN3O2S. The van der Waals surface area contributed by atoms with Crippen LogP contribution in [0.1, 0.15) is 43.6 Å². The molecule has 24 heavy (non-hydrogen) atoms. The number of aliphatic hydroxyl groups excluding tert-OH is 1. The molecule has 0 amide bonds. The third-order valence-electron chi connectivity index (χ3n) is 4.55. The average molecular weight is 374 g/mol. The highest BCUT2D eigenvalue weighted by molar-refractivity contribution is 7.16. The van der Waals surface area contributed by atoms with E-state index in [-0.39, 0.29) is 5.41 Å². The Kier molecular flexibility index (Phi) is 7.81. The lowest BCUT2D eigenvalue weighted by molar-refractivity contribution is 0.0778. The lowest BCUT2D eigenvalue weighted by Crippen LogP contribution is -2.41. The summed E-state index contributed by atoms with van der Waals surface area (Å²) in [5.74, 6) is 0.753. The second kappa shape index (κ2) is 9.61. The van der Waals surface area contributed by atoms with Crippen LogP contribution in [0.4, 0.5) is 0 Å². The van der Waals surface area contributed by atoms with Crippen molar-refractivity contribution in [1.82, 2.24) is 10.6 Å². The Morgan fingerprint density at radius 3 is 2.79 bits per heavy atom. The Morgan fingerprint density at radius 1 is 1.46 bits per heavy atom. The molecule has 1 aromatic heterocycles. The van der Waals surface area contributed by atoms with E-state index >= 15 is 0 Å². The Morgan fingerprint density at radius 2 is 2.25 bits per heavy atom. The summed E-state index contributed by atoms with van der Waals surface area (Å²) in [7, 11) is 1.75. The zero-order chi connectivity index (χ0) is 17.4. The molecule has 1 unspecified atom stereocenters. The Hall–Kier alpha value is -0.820. The van der Waals surface area contributed by atoms with E-state index < -0.39 is 6.10 Å². The first-order valence-corrected chi connectivity index (χ1v) is 9.72. The molecule has 0 bridgehead atoms. The summed E-state index contributed by atoms with van der Waals surface area (Å²) >= 11 is 7.32. The molecule has 136 valence electrons. The van der Waals surface area contributed by atoms with Gasteiger partial charge in [-0.25, -0.2) is 0 Å². The summed E-state index contributed by atoms with van der Waals surface area (Å²) in [4.78, 5) is 5.60. The minimum Gasteiger partial charge on any atom is -0.386 e. The molecule has 0 aromatic carbocycles. The molecule has 1 saturated carbocycles. The van der Waals surface area contributed by atoms with E-state index in [2.05, 4.69) is 10.6 Å². The zero-order valence-electron chi connectivity index (χ0n) is 14.5. The van der Waals surface area contributed by atoms with Gasteiger partial charge in [0.05, 0.1) is 4.34 Å². The summed E-state index contributed by atoms with van der Waals surface area (Å²) in [6.07, 6.45) is 4.19. The van der Waals surface area contributed by atoms with E-state index in [9.17, 15) is 5.11 Å². The average Bonchev–Trinajstić information content (AvgIpc) is 2.97. The van der Waals surface area contributed by atoms with Gasteiger partial charge in [-0.15, -0.1) is 11.3 Å². The fourth-order valence-corrected chi connectivity index (χ4v) is 3.92. The largest absolute Gasteiger partial charge is 0.386 e. The summed E-state index contributed by atoms with van der Waals surface area (Å²) in [6.45, 7) is 4.83. The number of guanidine groups is 1. The van der Waals surface area contributed by atoms with Crippen molar-refractivity contribution >= 4 is 28.9 Å². The lowest BCUT2D eigenvalue weighted by Gasteiger charge is -2.40. The van der Waals surface area contributed by atoms with Crippen molar-refractivity contribution in [3.8, 4) is 0 Å². The van der Waals surface area contributed by atoms with Gasteiger partial charge in [0.25, 0.3) is 0 Å². The number of aliphatic imine (C=N–C) groups is 1. The minimum absolute atomic E-state index is 0.290. The molecule has 7 heteroatoms. The molecule has 1 aromatic rings. The van der Waals surface area contributed by atoms with Crippen LogP contribution in [-0.2, 0) is 4.74 Å². The van der Waals surface area contributed by atoms with Gasteiger partial charge in [0.15, 0.2) is 5.96 Å². The highest BCUT2D eigenvalue weighted by Gasteiger charge is 2.36. The number of thiophene rings is 1. The minimum atomic E-state index is -0.586. The number of hydrogen-bond acceptors (Lipinski definition) is 4. The third-order valence-corrected chi connectivity index (χ3v) is 5.89. The maximum Gasteiger partial charge on any atom is 0.191 e. The molecule has 1 aliphatic rings. The first kappa shape index (κ1) is 19.5. The maximum atomic E-state index is 10.2. The molecule has 0 aliphatic heterocycles. The molecule has 3 N–H and O–H groups in total. The fraction of sp³-hybridized carbons (Fsp3) is 0.706. The SMILES string of the molecule is CCNC(=NCC1(CCOC)CCC1)NCC(O)c1ccc(Cl)s1. The van der Waals surface area contributed by atoms with E-state index in [0.29, 0.717) is 10.9 Å². The monoisotopic (exact) mass is 373 g/mol. The lowest BCUT2D eigenvalue weighted by atomic mass is 9.67. The van der Waals surface area contributed by atoms with Crippen LogP contribution in [0, 0.1) is 5.41 Å². The second-order valence-corrected chi connectivity index (χ2v) is 8.08. The second-order valence-electron chi connectivity index (χ2n) is 6.33. The van der Waals surface area contributed by atoms with E-state index in [1.165, 1.54) is 30.6 Å². The molecule has 2 rings (SSSR count). The van der Waals surface area contributed by atoms with E-state index in [1.54, 1.807) is 13.2 Å². The molecule has 0 radical (unpaired) electrons. The molecule has 1 fully saturated rings. The topological polar surface area (TPSA) is 65.9 Å². The van der Waals surface area contributed by atoms with Crippen LogP contribution >= 0.6 is 22.9 Å². The quantitative estimate of drug-likeness (QED) is 0.459. The van der Waals surface area contributed by atoms with E-state index in [1.807, 2.05) is 13.0 Å². The van der Waals surface area contributed by atoms with E-state index in [4.69, 9.17) is 21.3 Å². The number of nitrogens with one attached hydrogen (secondary N) is 2. The van der Waals surface area contributed by atoms with Crippen molar-refractivity contribution in [2.75, 3.05) is 33.4 Å². The van der Waals surface area contributed by atoms with Crippen molar-refractivity contribution in [2.45, 2.75) is 38.7 Å². The highest BCUT2D eigenvalue weighted by atomic mass is 35.5. The normalized spacial score (nSPS) is 18.1. The molecule has 1 atom stereocenters. The van der Waals surface area contributed by atoms with Crippen LogP contribution in [0.5, 0.6) is 0 Å². The number of methoxy groups -OCH3 is 1. The number of halogens is 1. The molecule has 0 spiro atoms. The molecule has 1 heterocycles. The van der Waals surface area contributed by atoms with Crippen LogP contribution in [-0.4, -0.2) is 44.4 Å². The van der Waals surface area contributed by atoms with Gasteiger partial charge in [-0.2, -0.15) is 0 Å². The molecule has 0 saturated heterocycles. The number of rotatable bonds is 9. The molecular weight excluding hydrogens is 346 g/mol. The maximum absolute atomic E-state index is 10.2. The number of ether oxygens (including phenoxy) is 1. The van der Waals surface area contributed by atoms with E-state index in [0.717, 1.165) is 37.0 Å². The predicted molar refractivity (Wildman–Crippen MR) is 101 cm³/mol. The van der Waals surface area contributed by atoms with Crippen molar-refractivity contribution in [3.05, 3.63) is 21.3 Å². The summed E-state index contributed by atoms with van der Waals surface area (Å²) in [5, 5.41) is 16.7. The molecule has 5 nitrogen and oxygen atoms in total. The van der Waals surface area contributed by atoms with Gasteiger partial charge in [0, 0.05) is 38.2 Å². The van der Waals surface area contributed by atoms with Crippen LogP contribution in [0.2, 0.25) is 4.34 Å². The van der Waals surface area contributed by atoms with Crippen molar-refractivity contribution < 1.29 is 9.84 Å². The van der Waals surface area contributed by atoms with Gasteiger partial charge >= 0.3 is 0 Å². The molecule has 1 aliphatic carbocycles. The van der Waals surface area contributed by atoms with Gasteiger partial charge in [-0.1, -0.05) is 18.0 Å². The Bertz CT molecular complexity index is 532. The smallest absolute Gasteiger partial charge is 0.191 e. The van der Waals surface area contributed by atoms with Crippen LogP contribution in [0.15, 0.2) is 17.1 Å². The van der Waals surface area contributed by atoms with Gasteiger partial charge in [0.2, 0.25) is 0 Å². The summed E-state index contributed by atoms with van der Waals surface area (Å²) < 4.78 is 5.92. The van der Waals surface area contributed by atoms with Crippen LogP contribution in [0.3, 0.4) is 0 Å². The highest BCUT2D eigenvalue weighted by Crippen LogP contribution is 2.44. The Labute approximate surface area is 153 Å². The number of aliphatic hydroxyl groups is 1. The first-order valence-electron chi connectivity index (χ1n) is 8.53. The zero-order valence-corrected chi connectivity index (χ0v) is 16.1. The van der Waals surface area contributed by atoms with Gasteiger partial charge in [0.1, 0.15) is 6.10 Å². The van der Waals surface area contributed by atoms with Gasteiger partial charge in [-0.05, 0) is 43.7 Å². The Balaban J connectivity index is 1.88. The van der Waals surface area contributed by atoms with Crippen molar-refractivity contribution in [2.24, 2.45) is 10.4 Å². The predicted octanol–water partition coefficient (Wildman–Crippen LogP) is 3.20. The first-order chi connectivity index (χ1) is 11.6. The summed E-state index contributed by atoms with van der Waals surface area (Å²) in [6, 6.07) is 3.66.